The first-order valence-electron chi connectivity index (χ1n) is 5.04. The number of imide groups is 1. The topological polar surface area (TPSA) is 75.4 Å². The molecular weight excluding hydrogens is 206 g/mol. The Morgan fingerprint density at radius 1 is 1.38 bits per heavy atom. The summed E-state index contributed by atoms with van der Waals surface area (Å²) in [6, 6.07) is 6.96. The average molecular weight is 219 g/mol. The van der Waals surface area contributed by atoms with Gasteiger partial charge in [0.25, 0.3) is 0 Å². The van der Waals surface area contributed by atoms with Gasteiger partial charge in [0, 0.05) is 5.69 Å². The Balaban J connectivity index is 2.37. The zero-order chi connectivity index (χ0) is 11.7. The van der Waals surface area contributed by atoms with Crippen molar-refractivity contribution in [1.82, 2.24) is 5.32 Å². The summed E-state index contributed by atoms with van der Waals surface area (Å²) in [6.45, 7) is 1.89. The van der Waals surface area contributed by atoms with Crippen molar-refractivity contribution in [3.05, 3.63) is 29.8 Å². The minimum absolute atomic E-state index is 0.125. The summed E-state index contributed by atoms with van der Waals surface area (Å²) in [7, 11) is 0. The van der Waals surface area contributed by atoms with Crippen LogP contribution in [0, 0.1) is 6.92 Å². The fourth-order valence-electron chi connectivity index (χ4n) is 1.78. The first-order chi connectivity index (χ1) is 7.59. The molecule has 3 N–H and O–H groups in total. The monoisotopic (exact) mass is 219 g/mol. The minimum atomic E-state index is -0.595. The fraction of sp³-hybridized carbons (Fsp3) is 0.273. The van der Waals surface area contributed by atoms with Gasteiger partial charge in [-0.15, -0.1) is 0 Å². The Kier molecular flexibility index (Phi) is 2.62. The normalized spacial score (nSPS) is 20.9. The third-order valence-corrected chi connectivity index (χ3v) is 2.57. The number of amides is 3. The molecule has 2 rings (SSSR count). The van der Waals surface area contributed by atoms with E-state index >= 15 is 0 Å². The molecule has 3 amide bonds. The molecule has 1 aliphatic heterocycles. The van der Waals surface area contributed by atoms with Crippen LogP contribution in [0.5, 0.6) is 0 Å². The van der Waals surface area contributed by atoms with E-state index in [-0.39, 0.29) is 12.3 Å². The van der Waals surface area contributed by atoms with Crippen LogP contribution in [0.15, 0.2) is 24.3 Å². The second-order valence-corrected chi connectivity index (χ2v) is 3.78. The molecular formula is C11H13N3O2. The van der Waals surface area contributed by atoms with Crippen LogP contribution >= 0.6 is 0 Å². The van der Waals surface area contributed by atoms with Crippen molar-refractivity contribution < 1.29 is 9.59 Å². The molecule has 0 aliphatic carbocycles. The fourth-order valence-corrected chi connectivity index (χ4v) is 1.78. The minimum Gasteiger partial charge on any atom is -0.310 e. The number of hydrogen-bond acceptors (Lipinski definition) is 3. The predicted octanol–water partition coefficient (Wildman–Crippen LogP) is 0.726. The number of benzene rings is 1. The average Bonchev–Trinajstić information content (AvgIpc) is 2.19. The molecule has 0 radical (unpaired) electrons. The summed E-state index contributed by atoms with van der Waals surface area (Å²) in [6.07, 6.45) is -0.470. The Labute approximate surface area is 93.2 Å². The van der Waals surface area contributed by atoms with Gasteiger partial charge in [-0.1, -0.05) is 18.2 Å². The van der Waals surface area contributed by atoms with E-state index in [0.717, 1.165) is 11.3 Å². The Hall–Kier alpha value is -1.88. The van der Waals surface area contributed by atoms with Gasteiger partial charge >= 0.3 is 6.03 Å². The molecule has 0 bridgehead atoms. The lowest BCUT2D eigenvalue weighted by Crippen LogP contribution is -2.58. The lowest BCUT2D eigenvalue weighted by Gasteiger charge is -2.33. The molecule has 16 heavy (non-hydrogen) atoms. The predicted molar refractivity (Wildman–Crippen MR) is 59.8 cm³/mol. The van der Waals surface area contributed by atoms with Crippen molar-refractivity contribution in [1.29, 1.82) is 0 Å². The highest BCUT2D eigenvalue weighted by Gasteiger charge is 2.31. The maximum atomic E-state index is 11.7. The van der Waals surface area contributed by atoms with Gasteiger partial charge in [-0.2, -0.15) is 0 Å². The number of anilines is 1. The molecule has 1 aliphatic rings. The van der Waals surface area contributed by atoms with Crippen LogP contribution in [0.1, 0.15) is 12.0 Å². The number of carbonyl (C=O) groups is 2. The number of nitrogens with one attached hydrogen (secondary N) is 1. The Morgan fingerprint density at radius 2 is 2.06 bits per heavy atom. The van der Waals surface area contributed by atoms with E-state index in [1.54, 1.807) is 0 Å². The molecule has 1 atom stereocenters. The van der Waals surface area contributed by atoms with Crippen LogP contribution in [-0.2, 0) is 4.79 Å². The van der Waals surface area contributed by atoms with Gasteiger partial charge in [-0.3, -0.25) is 15.0 Å². The molecule has 1 aromatic rings. The number of nitrogens with zero attached hydrogens (tertiary/aromatic N) is 1. The van der Waals surface area contributed by atoms with Crippen molar-refractivity contribution in [2.45, 2.75) is 19.5 Å². The standard InChI is InChI=1S/C11H13N3O2/c1-7-4-2-3-5-8(7)14-9(12)6-10(15)13-11(14)16/h2-5,9H,6,12H2,1H3,(H,13,15,16). The third-order valence-electron chi connectivity index (χ3n) is 2.57. The number of nitrogens with two attached hydrogens (primary N) is 1. The first-order valence-corrected chi connectivity index (χ1v) is 5.04. The summed E-state index contributed by atoms with van der Waals surface area (Å²) in [4.78, 5) is 24.2. The molecule has 1 unspecified atom stereocenters. The molecule has 5 nitrogen and oxygen atoms in total. The number of para-hydroxylation sites is 1. The van der Waals surface area contributed by atoms with E-state index in [4.69, 9.17) is 5.73 Å². The number of hydrogen-bond donors (Lipinski definition) is 2. The maximum absolute atomic E-state index is 11.7. The van der Waals surface area contributed by atoms with Crippen LogP contribution in [0.25, 0.3) is 0 Å². The highest BCUT2D eigenvalue weighted by molar-refractivity contribution is 6.06. The molecule has 5 heteroatoms. The molecule has 0 spiro atoms. The summed E-state index contributed by atoms with van der Waals surface area (Å²) < 4.78 is 0. The van der Waals surface area contributed by atoms with Crippen molar-refractivity contribution in [3.8, 4) is 0 Å². The maximum Gasteiger partial charge on any atom is 0.329 e. The van der Waals surface area contributed by atoms with E-state index < -0.39 is 12.2 Å². The van der Waals surface area contributed by atoms with Gasteiger partial charge in [-0.05, 0) is 18.6 Å². The van der Waals surface area contributed by atoms with E-state index in [2.05, 4.69) is 5.32 Å². The van der Waals surface area contributed by atoms with Crippen molar-refractivity contribution in [2.24, 2.45) is 5.73 Å². The van der Waals surface area contributed by atoms with Crippen LogP contribution in [0.3, 0.4) is 0 Å². The lowest BCUT2D eigenvalue weighted by atomic mass is 10.1. The van der Waals surface area contributed by atoms with Crippen LogP contribution in [0.4, 0.5) is 10.5 Å². The van der Waals surface area contributed by atoms with Crippen molar-refractivity contribution in [2.75, 3.05) is 4.90 Å². The van der Waals surface area contributed by atoms with Crippen LogP contribution < -0.4 is 16.0 Å². The highest BCUT2D eigenvalue weighted by atomic mass is 16.2. The van der Waals surface area contributed by atoms with Gasteiger partial charge in [0.05, 0.1) is 12.6 Å². The van der Waals surface area contributed by atoms with E-state index in [9.17, 15) is 9.59 Å². The molecule has 84 valence electrons. The van der Waals surface area contributed by atoms with E-state index in [1.165, 1.54) is 4.90 Å². The van der Waals surface area contributed by atoms with E-state index in [1.807, 2.05) is 31.2 Å². The largest absolute Gasteiger partial charge is 0.329 e. The van der Waals surface area contributed by atoms with Gasteiger partial charge < -0.3 is 5.73 Å². The second-order valence-electron chi connectivity index (χ2n) is 3.78. The summed E-state index contributed by atoms with van der Waals surface area (Å²) >= 11 is 0. The van der Waals surface area contributed by atoms with Gasteiger partial charge in [-0.25, -0.2) is 4.79 Å². The van der Waals surface area contributed by atoms with Gasteiger partial charge in [0.2, 0.25) is 5.91 Å². The Morgan fingerprint density at radius 3 is 2.69 bits per heavy atom. The SMILES string of the molecule is Cc1ccccc1N1C(=O)NC(=O)CC1N. The molecule has 1 heterocycles. The number of carbonyl (C=O) groups excluding carboxylic acids is 2. The summed E-state index contributed by atoms with van der Waals surface area (Å²) in [5, 5.41) is 2.25. The molecule has 0 saturated carbocycles. The van der Waals surface area contributed by atoms with Gasteiger partial charge in [0.1, 0.15) is 0 Å². The highest BCUT2D eigenvalue weighted by Crippen LogP contribution is 2.23. The molecule has 1 fully saturated rings. The van der Waals surface area contributed by atoms with Gasteiger partial charge in [0.15, 0.2) is 0 Å². The molecule has 1 saturated heterocycles. The van der Waals surface area contributed by atoms with Crippen molar-refractivity contribution in [3.63, 3.8) is 0 Å². The first kappa shape index (κ1) is 10.6. The van der Waals surface area contributed by atoms with E-state index in [0.29, 0.717) is 0 Å². The summed E-state index contributed by atoms with van der Waals surface area (Å²) in [5.41, 5.74) is 7.49. The smallest absolute Gasteiger partial charge is 0.310 e. The number of aryl methyl sites for hydroxylation is 1. The Bertz CT molecular complexity index is 445. The number of urea groups is 1. The zero-order valence-corrected chi connectivity index (χ0v) is 8.93. The lowest BCUT2D eigenvalue weighted by molar-refractivity contribution is -0.120. The van der Waals surface area contributed by atoms with Crippen LogP contribution in [0.2, 0.25) is 0 Å². The summed E-state index contributed by atoms with van der Waals surface area (Å²) in [5.74, 6) is -0.331. The number of rotatable bonds is 1. The van der Waals surface area contributed by atoms with Crippen LogP contribution in [-0.4, -0.2) is 18.1 Å². The molecule has 0 aromatic heterocycles. The quantitative estimate of drug-likeness (QED) is 0.731. The second kappa shape index (κ2) is 3.94. The zero-order valence-electron chi connectivity index (χ0n) is 8.93. The van der Waals surface area contributed by atoms with Crippen molar-refractivity contribution >= 4 is 17.6 Å². The third kappa shape index (κ3) is 1.77. The molecule has 1 aromatic carbocycles.